The lowest BCUT2D eigenvalue weighted by atomic mass is 10.2. The van der Waals surface area contributed by atoms with E-state index in [1.807, 2.05) is 0 Å². The lowest BCUT2D eigenvalue weighted by molar-refractivity contribution is 0.0958. The van der Waals surface area contributed by atoms with Crippen LogP contribution in [0.4, 0.5) is 5.13 Å². The number of anilines is 1. The molecule has 0 bridgehead atoms. The minimum Gasteiger partial charge on any atom is -0.375 e. The Labute approximate surface area is 96.8 Å². The van der Waals surface area contributed by atoms with Crippen molar-refractivity contribution in [2.24, 2.45) is 0 Å². The molecular formula is C11H11N3OS. The number of nitrogens with zero attached hydrogens (tertiary/aromatic N) is 1. The Morgan fingerprint density at radius 2 is 2.44 bits per heavy atom. The maximum absolute atomic E-state index is 11.6. The van der Waals surface area contributed by atoms with Gasteiger partial charge < -0.3 is 11.1 Å². The maximum atomic E-state index is 11.6. The number of thiazole rings is 1. The van der Waals surface area contributed by atoms with E-state index in [-0.39, 0.29) is 5.91 Å². The highest BCUT2D eigenvalue weighted by Gasteiger charge is 2.07. The Bertz CT molecular complexity index is 547. The van der Waals surface area contributed by atoms with E-state index in [0.717, 1.165) is 10.2 Å². The topological polar surface area (TPSA) is 68.0 Å². The van der Waals surface area contributed by atoms with E-state index in [4.69, 9.17) is 5.73 Å². The highest BCUT2D eigenvalue weighted by atomic mass is 32.1. The largest absolute Gasteiger partial charge is 0.375 e. The maximum Gasteiger partial charge on any atom is 0.251 e. The van der Waals surface area contributed by atoms with Crippen LogP contribution in [0.1, 0.15) is 10.4 Å². The number of hydrogen-bond donors (Lipinski definition) is 2. The first-order valence-electron chi connectivity index (χ1n) is 4.76. The summed E-state index contributed by atoms with van der Waals surface area (Å²) in [5.74, 6) is -0.117. The van der Waals surface area contributed by atoms with Crippen molar-refractivity contribution in [3.8, 4) is 0 Å². The molecule has 0 fully saturated rings. The molecule has 1 aromatic carbocycles. The summed E-state index contributed by atoms with van der Waals surface area (Å²) in [5, 5.41) is 3.23. The molecule has 0 saturated carbocycles. The number of aromatic nitrogens is 1. The zero-order valence-corrected chi connectivity index (χ0v) is 9.38. The van der Waals surface area contributed by atoms with Crippen molar-refractivity contribution >= 4 is 32.6 Å². The Morgan fingerprint density at radius 3 is 3.19 bits per heavy atom. The second-order valence-electron chi connectivity index (χ2n) is 3.23. The molecule has 82 valence electrons. The third-order valence-corrected chi connectivity index (χ3v) is 2.92. The molecule has 1 amide bonds. The van der Waals surface area contributed by atoms with Crippen molar-refractivity contribution in [3.63, 3.8) is 0 Å². The van der Waals surface area contributed by atoms with Crippen LogP contribution in [-0.4, -0.2) is 17.4 Å². The minimum atomic E-state index is -0.117. The van der Waals surface area contributed by atoms with Gasteiger partial charge >= 0.3 is 0 Å². The van der Waals surface area contributed by atoms with E-state index >= 15 is 0 Å². The second-order valence-corrected chi connectivity index (χ2v) is 4.30. The van der Waals surface area contributed by atoms with Crippen molar-refractivity contribution in [1.82, 2.24) is 10.3 Å². The highest BCUT2D eigenvalue weighted by Crippen LogP contribution is 2.24. The van der Waals surface area contributed by atoms with Gasteiger partial charge in [0.2, 0.25) is 0 Å². The van der Waals surface area contributed by atoms with Crippen LogP contribution in [0.2, 0.25) is 0 Å². The summed E-state index contributed by atoms with van der Waals surface area (Å²) in [5.41, 5.74) is 7.02. The Hall–Kier alpha value is -1.88. The van der Waals surface area contributed by atoms with Gasteiger partial charge in [0.25, 0.3) is 5.91 Å². The van der Waals surface area contributed by atoms with Gasteiger partial charge in [0.1, 0.15) is 0 Å². The lowest BCUT2D eigenvalue weighted by Crippen LogP contribution is -2.22. The summed E-state index contributed by atoms with van der Waals surface area (Å²) in [7, 11) is 0. The average molecular weight is 233 g/mol. The first-order valence-corrected chi connectivity index (χ1v) is 5.57. The zero-order valence-electron chi connectivity index (χ0n) is 8.56. The smallest absolute Gasteiger partial charge is 0.251 e. The molecule has 0 aliphatic rings. The minimum absolute atomic E-state index is 0.117. The Kier molecular flexibility index (Phi) is 2.87. The van der Waals surface area contributed by atoms with Crippen LogP contribution in [0.5, 0.6) is 0 Å². The molecule has 0 spiro atoms. The third-order valence-electron chi connectivity index (χ3n) is 2.07. The zero-order chi connectivity index (χ0) is 11.5. The van der Waals surface area contributed by atoms with E-state index in [1.54, 1.807) is 24.3 Å². The van der Waals surface area contributed by atoms with Crippen LogP contribution >= 0.6 is 11.3 Å². The van der Waals surface area contributed by atoms with Crippen LogP contribution in [0, 0.1) is 0 Å². The molecule has 3 N–H and O–H groups in total. The average Bonchev–Trinajstić information content (AvgIpc) is 2.64. The van der Waals surface area contributed by atoms with Gasteiger partial charge in [-0.25, -0.2) is 4.98 Å². The fourth-order valence-electron chi connectivity index (χ4n) is 1.35. The van der Waals surface area contributed by atoms with Crippen LogP contribution in [0.3, 0.4) is 0 Å². The molecule has 0 aliphatic heterocycles. The fraction of sp³-hybridized carbons (Fsp3) is 0.0909. The molecule has 0 radical (unpaired) electrons. The van der Waals surface area contributed by atoms with E-state index in [9.17, 15) is 4.79 Å². The number of fused-ring (bicyclic) bond motifs is 1. The first kappa shape index (κ1) is 10.6. The van der Waals surface area contributed by atoms with Gasteiger partial charge in [-0.1, -0.05) is 17.4 Å². The summed E-state index contributed by atoms with van der Waals surface area (Å²) >= 11 is 1.37. The number of rotatable bonds is 3. The molecule has 0 unspecified atom stereocenters. The molecular weight excluding hydrogens is 222 g/mol. The summed E-state index contributed by atoms with van der Waals surface area (Å²) < 4.78 is 0.920. The molecule has 0 atom stereocenters. The number of nitrogens with two attached hydrogens (primary N) is 1. The second kappa shape index (κ2) is 4.32. The van der Waals surface area contributed by atoms with Crippen molar-refractivity contribution in [2.75, 3.05) is 12.3 Å². The summed E-state index contributed by atoms with van der Waals surface area (Å²) in [6, 6.07) is 5.33. The fourth-order valence-corrected chi connectivity index (χ4v) is 2.12. The van der Waals surface area contributed by atoms with E-state index in [0.29, 0.717) is 17.2 Å². The van der Waals surface area contributed by atoms with Gasteiger partial charge in [-0.05, 0) is 18.2 Å². The van der Waals surface area contributed by atoms with Gasteiger partial charge in [0, 0.05) is 12.1 Å². The van der Waals surface area contributed by atoms with Crippen molar-refractivity contribution < 1.29 is 4.79 Å². The molecule has 1 aromatic heterocycles. The molecule has 16 heavy (non-hydrogen) atoms. The SMILES string of the molecule is C=CCNC(=O)c1ccc2nc(N)sc2c1. The molecule has 1 heterocycles. The Balaban J connectivity index is 2.31. The number of carbonyl (C=O) groups is 1. The van der Waals surface area contributed by atoms with Crippen LogP contribution < -0.4 is 11.1 Å². The predicted molar refractivity (Wildman–Crippen MR) is 66.6 cm³/mol. The van der Waals surface area contributed by atoms with Gasteiger partial charge in [-0.2, -0.15) is 0 Å². The van der Waals surface area contributed by atoms with Gasteiger partial charge in [0.05, 0.1) is 10.2 Å². The molecule has 5 heteroatoms. The van der Waals surface area contributed by atoms with Crippen LogP contribution in [-0.2, 0) is 0 Å². The van der Waals surface area contributed by atoms with Gasteiger partial charge in [0.15, 0.2) is 5.13 Å². The number of benzene rings is 1. The van der Waals surface area contributed by atoms with Gasteiger partial charge in [-0.15, -0.1) is 6.58 Å². The van der Waals surface area contributed by atoms with E-state index in [1.165, 1.54) is 11.3 Å². The van der Waals surface area contributed by atoms with Crippen LogP contribution in [0.25, 0.3) is 10.2 Å². The molecule has 2 aromatic rings. The Morgan fingerprint density at radius 1 is 1.62 bits per heavy atom. The number of nitrogen functional groups attached to an aromatic ring is 1. The number of hydrogen-bond acceptors (Lipinski definition) is 4. The van der Waals surface area contributed by atoms with E-state index in [2.05, 4.69) is 16.9 Å². The van der Waals surface area contributed by atoms with Crippen molar-refractivity contribution in [1.29, 1.82) is 0 Å². The number of carbonyl (C=O) groups excluding carboxylic acids is 1. The number of nitrogens with one attached hydrogen (secondary N) is 1. The standard InChI is InChI=1S/C11H11N3OS/c1-2-5-13-10(15)7-3-4-8-9(6-7)16-11(12)14-8/h2-4,6H,1,5H2,(H2,12,14)(H,13,15). The first-order chi connectivity index (χ1) is 7.70. The van der Waals surface area contributed by atoms with Crippen molar-refractivity contribution in [2.45, 2.75) is 0 Å². The molecule has 0 aliphatic carbocycles. The predicted octanol–water partition coefficient (Wildman–Crippen LogP) is 1.79. The summed E-state index contributed by atoms with van der Waals surface area (Å²) in [6.07, 6.45) is 1.64. The molecule has 4 nitrogen and oxygen atoms in total. The molecule has 2 rings (SSSR count). The molecule has 0 saturated heterocycles. The van der Waals surface area contributed by atoms with Crippen LogP contribution in [0.15, 0.2) is 30.9 Å². The summed E-state index contributed by atoms with van der Waals surface area (Å²) in [4.78, 5) is 15.8. The van der Waals surface area contributed by atoms with Gasteiger partial charge in [-0.3, -0.25) is 4.79 Å². The quantitative estimate of drug-likeness (QED) is 0.794. The van der Waals surface area contributed by atoms with E-state index < -0.39 is 0 Å². The van der Waals surface area contributed by atoms with Crippen molar-refractivity contribution in [3.05, 3.63) is 36.4 Å². The summed E-state index contributed by atoms with van der Waals surface area (Å²) in [6.45, 7) is 4.00. The third kappa shape index (κ3) is 2.04. The lowest BCUT2D eigenvalue weighted by Gasteiger charge is -2.01. The highest BCUT2D eigenvalue weighted by molar-refractivity contribution is 7.22. The number of amides is 1. The normalized spacial score (nSPS) is 10.2. The monoisotopic (exact) mass is 233 g/mol.